The van der Waals surface area contributed by atoms with Gasteiger partial charge in [0.2, 0.25) is 5.91 Å². The van der Waals surface area contributed by atoms with E-state index in [0.717, 1.165) is 17.7 Å². The van der Waals surface area contributed by atoms with Gasteiger partial charge in [0.1, 0.15) is 5.69 Å². The molecule has 6 nitrogen and oxygen atoms in total. The highest BCUT2D eigenvalue weighted by molar-refractivity contribution is 5.94. The lowest BCUT2D eigenvalue weighted by Crippen LogP contribution is -2.41. The zero-order chi connectivity index (χ0) is 18.2. The van der Waals surface area contributed by atoms with E-state index in [1.807, 2.05) is 25.9 Å². The van der Waals surface area contributed by atoms with Crippen molar-refractivity contribution in [2.45, 2.75) is 19.4 Å². The van der Waals surface area contributed by atoms with Gasteiger partial charge in [0.05, 0.1) is 6.54 Å². The molecule has 2 rings (SSSR count). The van der Waals surface area contributed by atoms with Crippen molar-refractivity contribution >= 4 is 17.5 Å². The van der Waals surface area contributed by atoms with E-state index in [2.05, 4.69) is 39.9 Å². The average Bonchev–Trinajstić information content (AvgIpc) is 2.60. The van der Waals surface area contributed by atoms with Gasteiger partial charge in [-0.1, -0.05) is 18.2 Å². The number of pyridine rings is 1. The van der Waals surface area contributed by atoms with Crippen LogP contribution in [0.25, 0.3) is 0 Å². The number of nitrogens with one attached hydrogen (secondary N) is 2. The molecule has 0 fully saturated rings. The third-order valence-corrected chi connectivity index (χ3v) is 3.71. The molecule has 0 radical (unpaired) electrons. The van der Waals surface area contributed by atoms with Crippen molar-refractivity contribution in [1.82, 2.24) is 15.6 Å². The first kappa shape index (κ1) is 18.4. The Morgan fingerprint density at radius 2 is 1.84 bits per heavy atom. The molecular formula is C19H24N4O2. The standard InChI is InChI=1S/C19H24N4O2/c1-14(12-15-7-9-16(10-8-15)23(2)3)22-18(24)13-21-19(25)17-6-4-5-11-20-17/h4-11,14H,12-13H2,1-3H3,(H,21,25)(H,22,24)/t14-/m0/s1. The SMILES string of the molecule is C[C@@H](Cc1ccc(N(C)C)cc1)NC(=O)CNC(=O)c1ccccn1. The van der Waals surface area contributed by atoms with E-state index in [1.165, 1.54) is 0 Å². The number of carbonyl (C=O) groups is 2. The minimum absolute atomic E-state index is 0.0236. The van der Waals surface area contributed by atoms with Crippen LogP contribution >= 0.6 is 0 Å². The Labute approximate surface area is 148 Å². The van der Waals surface area contributed by atoms with Crippen LogP contribution in [0.2, 0.25) is 0 Å². The van der Waals surface area contributed by atoms with Gasteiger partial charge in [0.15, 0.2) is 0 Å². The second-order valence-electron chi connectivity index (χ2n) is 6.13. The third-order valence-electron chi connectivity index (χ3n) is 3.71. The van der Waals surface area contributed by atoms with Crippen LogP contribution in [-0.4, -0.2) is 43.5 Å². The fourth-order valence-corrected chi connectivity index (χ4v) is 2.41. The van der Waals surface area contributed by atoms with Gasteiger partial charge in [-0.15, -0.1) is 0 Å². The first-order valence-electron chi connectivity index (χ1n) is 8.20. The Morgan fingerprint density at radius 3 is 2.44 bits per heavy atom. The van der Waals surface area contributed by atoms with Crippen LogP contribution in [0.15, 0.2) is 48.7 Å². The van der Waals surface area contributed by atoms with Crippen LogP contribution < -0.4 is 15.5 Å². The number of carbonyl (C=O) groups excluding carboxylic acids is 2. The Morgan fingerprint density at radius 1 is 1.12 bits per heavy atom. The fraction of sp³-hybridized carbons (Fsp3) is 0.316. The summed E-state index contributed by atoms with van der Waals surface area (Å²) in [5.41, 5.74) is 2.58. The number of hydrogen-bond acceptors (Lipinski definition) is 4. The van der Waals surface area contributed by atoms with Crippen molar-refractivity contribution in [1.29, 1.82) is 0 Å². The van der Waals surface area contributed by atoms with Crippen LogP contribution in [0.1, 0.15) is 23.0 Å². The fourth-order valence-electron chi connectivity index (χ4n) is 2.41. The monoisotopic (exact) mass is 340 g/mol. The van der Waals surface area contributed by atoms with Gasteiger partial charge in [-0.3, -0.25) is 14.6 Å². The molecule has 1 aromatic heterocycles. The summed E-state index contributed by atoms with van der Waals surface area (Å²) < 4.78 is 0. The highest BCUT2D eigenvalue weighted by atomic mass is 16.2. The Kier molecular flexibility index (Phi) is 6.51. The Balaban J connectivity index is 1.77. The lowest BCUT2D eigenvalue weighted by atomic mass is 10.1. The molecule has 0 aliphatic rings. The molecule has 2 amide bonds. The summed E-state index contributed by atoms with van der Waals surface area (Å²) in [6.07, 6.45) is 2.27. The molecule has 0 spiro atoms. The highest BCUT2D eigenvalue weighted by Crippen LogP contribution is 2.13. The van der Waals surface area contributed by atoms with Crippen LogP contribution in [0.5, 0.6) is 0 Å². The average molecular weight is 340 g/mol. The zero-order valence-corrected chi connectivity index (χ0v) is 14.8. The van der Waals surface area contributed by atoms with Gasteiger partial charge >= 0.3 is 0 Å². The number of nitrogens with zero attached hydrogens (tertiary/aromatic N) is 2. The quantitative estimate of drug-likeness (QED) is 0.803. The summed E-state index contributed by atoms with van der Waals surface area (Å²) in [7, 11) is 3.99. The van der Waals surface area contributed by atoms with Crippen LogP contribution in [0, 0.1) is 0 Å². The summed E-state index contributed by atoms with van der Waals surface area (Å²) in [6, 6.07) is 13.3. The van der Waals surface area contributed by atoms with Crippen molar-refractivity contribution in [2.75, 3.05) is 25.5 Å². The van der Waals surface area contributed by atoms with Crippen molar-refractivity contribution in [3.63, 3.8) is 0 Å². The van der Waals surface area contributed by atoms with E-state index in [0.29, 0.717) is 5.69 Å². The van der Waals surface area contributed by atoms with Gasteiger partial charge < -0.3 is 15.5 Å². The van der Waals surface area contributed by atoms with E-state index >= 15 is 0 Å². The molecule has 1 atom stereocenters. The van der Waals surface area contributed by atoms with Crippen molar-refractivity contribution < 1.29 is 9.59 Å². The summed E-state index contributed by atoms with van der Waals surface area (Å²) in [5.74, 6) is -0.579. The van der Waals surface area contributed by atoms with Crippen LogP contribution in [-0.2, 0) is 11.2 Å². The maximum Gasteiger partial charge on any atom is 0.270 e. The summed E-state index contributed by atoms with van der Waals surface area (Å²) >= 11 is 0. The van der Waals surface area contributed by atoms with Crippen molar-refractivity contribution in [2.24, 2.45) is 0 Å². The van der Waals surface area contributed by atoms with Crippen molar-refractivity contribution in [3.8, 4) is 0 Å². The molecule has 0 aliphatic carbocycles. The van der Waals surface area contributed by atoms with E-state index in [4.69, 9.17) is 0 Å². The van der Waals surface area contributed by atoms with Gasteiger partial charge in [-0.2, -0.15) is 0 Å². The van der Waals surface area contributed by atoms with E-state index in [1.54, 1.807) is 24.4 Å². The first-order valence-corrected chi connectivity index (χ1v) is 8.20. The Hall–Kier alpha value is -2.89. The van der Waals surface area contributed by atoms with Gasteiger partial charge in [0.25, 0.3) is 5.91 Å². The largest absolute Gasteiger partial charge is 0.378 e. The molecule has 6 heteroatoms. The number of anilines is 1. The number of rotatable bonds is 7. The topological polar surface area (TPSA) is 74.3 Å². The molecule has 1 heterocycles. The number of amides is 2. The Bertz CT molecular complexity index is 699. The predicted molar refractivity (Wildman–Crippen MR) is 98.6 cm³/mol. The molecule has 2 aromatic rings. The first-order chi connectivity index (χ1) is 12.0. The van der Waals surface area contributed by atoms with Crippen LogP contribution in [0.3, 0.4) is 0 Å². The summed E-state index contributed by atoms with van der Waals surface area (Å²) in [6.45, 7) is 1.87. The molecular weight excluding hydrogens is 316 g/mol. The molecule has 1 aromatic carbocycles. The smallest absolute Gasteiger partial charge is 0.270 e. The molecule has 2 N–H and O–H groups in total. The summed E-state index contributed by atoms with van der Waals surface area (Å²) in [5, 5.41) is 5.46. The maximum atomic E-state index is 12.0. The minimum Gasteiger partial charge on any atom is -0.378 e. The normalized spacial score (nSPS) is 11.5. The zero-order valence-electron chi connectivity index (χ0n) is 14.8. The molecule has 0 unspecified atom stereocenters. The molecule has 0 bridgehead atoms. The van der Waals surface area contributed by atoms with Gasteiger partial charge in [-0.05, 0) is 43.2 Å². The molecule has 0 aliphatic heterocycles. The minimum atomic E-state index is -0.359. The number of aromatic nitrogens is 1. The van der Waals surface area contributed by atoms with E-state index in [-0.39, 0.29) is 24.4 Å². The number of hydrogen-bond donors (Lipinski definition) is 2. The summed E-state index contributed by atoms with van der Waals surface area (Å²) in [4.78, 5) is 29.8. The predicted octanol–water partition coefficient (Wildman–Crippen LogP) is 1.62. The lowest BCUT2D eigenvalue weighted by Gasteiger charge is -2.16. The molecule has 0 saturated heterocycles. The molecule has 25 heavy (non-hydrogen) atoms. The van der Waals surface area contributed by atoms with Crippen LogP contribution in [0.4, 0.5) is 5.69 Å². The van der Waals surface area contributed by atoms with E-state index < -0.39 is 0 Å². The van der Waals surface area contributed by atoms with Crippen molar-refractivity contribution in [3.05, 3.63) is 59.9 Å². The highest BCUT2D eigenvalue weighted by Gasteiger charge is 2.11. The van der Waals surface area contributed by atoms with E-state index in [9.17, 15) is 9.59 Å². The number of benzene rings is 1. The van der Waals surface area contributed by atoms with Gasteiger partial charge in [0, 0.05) is 32.0 Å². The second kappa shape index (κ2) is 8.82. The second-order valence-corrected chi connectivity index (χ2v) is 6.13. The molecule has 0 saturated carbocycles. The van der Waals surface area contributed by atoms with Gasteiger partial charge in [-0.25, -0.2) is 0 Å². The lowest BCUT2D eigenvalue weighted by molar-refractivity contribution is -0.120. The maximum absolute atomic E-state index is 12.0. The third kappa shape index (κ3) is 5.91. The molecule has 132 valence electrons.